The van der Waals surface area contributed by atoms with Gasteiger partial charge >= 0.3 is 0 Å². The zero-order chi connectivity index (χ0) is 22.1. The molecule has 0 aromatic heterocycles. The fraction of sp³-hybridized carbons (Fsp3) is 0.318. The van der Waals surface area contributed by atoms with Gasteiger partial charge in [-0.1, -0.05) is 35.9 Å². The second kappa shape index (κ2) is 6.85. The average Bonchev–Trinajstić information content (AvgIpc) is 3.32. The number of anilines is 1. The molecule has 0 saturated carbocycles. The Labute approximate surface area is 182 Å². The van der Waals surface area contributed by atoms with E-state index in [9.17, 15) is 23.9 Å². The number of carbonyl (C=O) groups is 3. The SMILES string of the molecule is C[C@@H](O)[C@H]1N[C@@]2(C(=O)Nc3c(Cl)cccc32)[C@H]2C(=O)N(Cc3ccc(F)cc3)C(=O)[C@H]12. The zero-order valence-electron chi connectivity index (χ0n) is 16.4. The Bertz CT molecular complexity index is 1120. The molecule has 0 bridgehead atoms. The minimum absolute atomic E-state index is 0.0441. The van der Waals surface area contributed by atoms with Crippen molar-refractivity contribution in [2.75, 3.05) is 5.32 Å². The summed E-state index contributed by atoms with van der Waals surface area (Å²) in [6.45, 7) is 1.47. The summed E-state index contributed by atoms with van der Waals surface area (Å²) in [5.74, 6) is -3.87. The van der Waals surface area contributed by atoms with E-state index in [0.717, 1.165) is 4.90 Å². The molecule has 3 amide bonds. The topological polar surface area (TPSA) is 98.7 Å². The molecular formula is C22H19ClFN3O4. The molecule has 0 aliphatic carbocycles. The van der Waals surface area contributed by atoms with Gasteiger partial charge in [0.25, 0.3) is 0 Å². The number of para-hydroxylation sites is 1. The van der Waals surface area contributed by atoms with Gasteiger partial charge in [-0.05, 0) is 30.7 Å². The second-order valence-electron chi connectivity index (χ2n) is 8.23. The highest BCUT2D eigenvalue weighted by Crippen LogP contribution is 2.54. The molecule has 160 valence electrons. The molecule has 7 nitrogen and oxygen atoms in total. The Hall–Kier alpha value is -2.81. The number of fused-ring (bicyclic) bond motifs is 4. The highest BCUT2D eigenvalue weighted by atomic mass is 35.5. The Morgan fingerprint density at radius 2 is 1.87 bits per heavy atom. The number of nitrogens with one attached hydrogen (secondary N) is 2. The average molecular weight is 444 g/mol. The van der Waals surface area contributed by atoms with Gasteiger partial charge < -0.3 is 10.4 Å². The molecule has 1 spiro atoms. The fourth-order valence-electron chi connectivity index (χ4n) is 5.13. The Kier molecular flexibility index (Phi) is 4.44. The van der Waals surface area contributed by atoms with Gasteiger partial charge in [0, 0.05) is 11.6 Å². The molecule has 2 aromatic carbocycles. The molecule has 0 radical (unpaired) electrons. The smallest absolute Gasteiger partial charge is 0.250 e. The van der Waals surface area contributed by atoms with Crippen LogP contribution in [0.2, 0.25) is 5.02 Å². The number of imide groups is 1. The molecule has 5 atom stereocenters. The monoisotopic (exact) mass is 443 g/mol. The van der Waals surface area contributed by atoms with E-state index in [1.165, 1.54) is 31.2 Å². The lowest BCUT2D eigenvalue weighted by Crippen LogP contribution is -2.54. The summed E-state index contributed by atoms with van der Waals surface area (Å²) in [7, 11) is 0. The second-order valence-corrected chi connectivity index (χ2v) is 8.63. The van der Waals surface area contributed by atoms with Crippen molar-refractivity contribution in [1.29, 1.82) is 0 Å². The van der Waals surface area contributed by atoms with Gasteiger partial charge in [-0.15, -0.1) is 0 Å². The van der Waals surface area contributed by atoms with Crippen LogP contribution in [0.4, 0.5) is 10.1 Å². The van der Waals surface area contributed by atoms with Crippen LogP contribution < -0.4 is 10.6 Å². The van der Waals surface area contributed by atoms with Crippen LogP contribution in [0, 0.1) is 17.7 Å². The maximum atomic E-state index is 13.5. The molecule has 2 fully saturated rings. The molecule has 5 rings (SSSR count). The summed E-state index contributed by atoms with van der Waals surface area (Å²) in [6.07, 6.45) is -0.995. The molecule has 31 heavy (non-hydrogen) atoms. The van der Waals surface area contributed by atoms with Crippen LogP contribution in [0.1, 0.15) is 18.1 Å². The molecule has 0 unspecified atom stereocenters. The van der Waals surface area contributed by atoms with Crippen molar-refractivity contribution in [3.05, 3.63) is 64.4 Å². The van der Waals surface area contributed by atoms with Crippen molar-refractivity contribution in [3.63, 3.8) is 0 Å². The van der Waals surface area contributed by atoms with Crippen LogP contribution >= 0.6 is 11.6 Å². The van der Waals surface area contributed by atoms with Crippen molar-refractivity contribution >= 4 is 35.0 Å². The number of nitrogens with zero attached hydrogens (tertiary/aromatic N) is 1. The van der Waals surface area contributed by atoms with Crippen LogP contribution in [0.25, 0.3) is 0 Å². The van der Waals surface area contributed by atoms with Gasteiger partial charge in [0.2, 0.25) is 17.7 Å². The predicted molar refractivity (Wildman–Crippen MR) is 109 cm³/mol. The van der Waals surface area contributed by atoms with Gasteiger partial charge in [0.05, 0.1) is 35.2 Å². The minimum atomic E-state index is -1.52. The first-order chi connectivity index (χ1) is 14.8. The third kappa shape index (κ3) is 2.68. The van der Waals surface area contributed by atoms with E-state index in [-0.39, 0.29) is 6.54 Å². The predicted octanol–water partition coefficient (Wildman–Crippen LogP) is 1.78. The number of likely N-dealkylation sites (tertiary alicyclic amines) is 1. The minimum Gasteiger partial charge on any atom is -0.392 e. The summed E-state index contributed by atoms with van der Waals surface area (Å²) in [5.41, 5.74) is -0.0635. The number of carbonyl (C=O) groups excluding carboxylic acids is 3. The van der Waals surface area contributed by atoms with E-state index in [2.05, 4.69) is 10.6 Å². The summed E-state index contributed by atoms with van der Waals surface area (Å²) < 4.78 is 13.3. The van der Waals surface area contributed by atoms with Gasteiger partial charge in [0.15, 0.2) is 0 Å². The Morgan fingerprint density at radius 3 is 2.55 bits per heavy atom. The van der Waals surface area contributed by atoms with Crippen molar-refractivity contribution in [3.8, 4) is 0 Å². The first kappa shape index (κ1) is 20.1. The maximum absolute atomic E-state index is 13.5. The number of hydrogen-bond acceptors (Lipinski definition) is 5. The third-order valence-electron chi connectivity index (χ3n) is 6.50. The number of amides is 3. The van der Waals surface area contributed by atoms with Crippen LogP contribution in [-0.2, 0) is 26.5 Å². The highest BCUT2D eigenvalue weighted by Gasteiger charge is 2.71. The number of aliphatic hydroxyl groups is 1. The standard InChI is InChI=1S/C22H19ClFN3O4/c1-10(28)17-15-16(20(30)27(19(15)29)9-11-5-7-12(24)8-6-11)22(26-17)13-3-2-4-14(23)18(13)25-21(22)31/h2-8,10,15-17,26,28H,9H2,1H3,(H,25,31)/t10-,15+,16-,17-,22-/m1/s1. The summed E-state index contributed by atoms with van der Waals surface area (Å²) >= 11 is 6.27. The Balaban J connectivity index is 1.61. The summed E-state index contributed by atoms with van der Waals surface area (Å²) in [4.78, 5) is 41.2. The van der Waals surface area contributed by atoms with Gasteiger partial charge in [-0.3, -0.25) is 24.6 Å². The quantitative estimate of drug-likeness (QED) is 0.628. The van der Waals surface area contributed by atoms with E-state index < -0.39 is 53.1 Å². The van der Waals surface area contributed by atoms with Crippen molar-refractivity contribution in [1.82, 2.24) is 10.2 Å². The van der Waals surface area contributed by atoms with Gasteiger partial charge in [-0.25, -0.2) is 4.39 Å². The van der Waals surface area contributed by atoms with Gasteiger partial charge in [0.1, 0.15) is 11.4 Å². The van der Waals surface area contributed by atoms with E-state index in [4.69, 9.17) is 11.6 Å². The molecule has 3 aliphatic heterocycles. The van der Waals surface area contributed by atoms with Crippen LogP contribution in [-0.4, -0.2) is 39.9 Å². The number of aliphatic hydroxyl groups excluding tert-OH is 1. The van der Waals surface area contributed by atoms with Crippen molar-refractivity contribution in [2.45, 2.75) is 31.2 Å². The summed E-state index contributed by atoms with van der Waals surface area (Å²) in [6, 6.07) is 9.69. The van der Waals surface area contributed by atoms with Crippen LogP contribution in [0.3, 0.4) is 0 Å². The molecule has 2 aromatic rings. The lowest BCUT2D eigenvalue weighted by molar-refractivity contribution is -0.143. The van der Waals surface area contributed by atoms with Gasteiger partial charge in [-0.2, -0.15) is 0 Å². The van der Waals surface area contributed by atoms with Crippen molar-refractivity contribution < 1.29 is 23.9 Å². The highest BCUT2D eigenvalue weighted by molar-refractivity contribution is 6.35. The number of rotatable bonds is 3. The van der Waals surface area contributed by atoms with Crippen LogP contribution in [0.15, 0.2) is 42.5 Å². The van der Waals surface area contributed by atoms with Crippen LogP contribution in [0.5, 0.6) is 0 Å². The molecule has 9 heteroatoms. The lowest BCUT2D eigenvalue weighted by atomic mass is 9.76. The lowest BCUT2D eigenvalue weighted by Gasteiger charge is -2.30. The van der Waals surface area contributed by atoms with E-state index in [0.29, 0.717) is 21.8 Å². The number of benzene rings is 2. The first-order valence-corrected chi connectivity index (χ1v) is 10.3. The zero-order valence-corrected chi connectivity index (χ0v) is 17.2. The molecular weight excluding hydrogens is 425 g/mol. The third-order valence-corrected chi connectivity index (χ3v) is 6.81. The summed E-state index contributed by atoms with van der Waals surface area (Å²) in [5, 5.41) is 16.6. The normalized spacial score (nSPS) is 30.0. The van der Waals surface area contributed by atoms with E-state index in [1.54, 1.807) is 18.2 Å². The largest absolute Gasteiger partial charge is 0.392 e. The van der Waals surface area contributed by atoms with E-state index in [1.807, 2.05) is 0 Å². The van der Waals surface area contributed by atoms with E-state index >= 15 is 0 Å². The number of halogens is 2. The maximum Gasteiger partial charge on any atom is 0.250 e. The van der Waals surface area contributed by atoms with Crippen molar-refractivity contribution in [2.24, 2.45) is 11.8 Å². The fourth-order valence-corrected chi connectivity index (χ4v) is 5.35. The molecule has 2 saturated heterocycles. The first-order valence-electron chi connectivity index (χ1n) is 9.91. The molecule has 3 aliphatic rings. The molecule has 3 heterocycles. The Morgan fingerprint density at radius 1 is 1.16 bits per heavy atom. The number of hydrogen-bond donors (Lipinski definition) is 3. The molecule has 3 N–H and O–H groups in total.